The Kier molecular flexibility index (Phi) is 7.09. The van der Waals surface area contributed by atoms with Gasteiger partial charge >= 0.3 is 0 Å². The first-order chi connectivity index (χ1) is 22.0. The van der Waals surface area contributed by atoms with Gasteiger partial charge in [0.15, 0.2) is 0 Å². The molecule has 0 nitrogen and oxygen atoms in total. The van der Waals surface area contributed by atoms with E-state index in [0.717, 1.165) is 12.8 Å². The number of aryl methyl sites for hydroxylation is 2. The monoisotopic (exact) mass is 602 g/mol. The fourth-order valence-electron chi connectivity index (χ4n) is 8.76. The molecule has 0 heterocycles. The second-order valence-electron chi connectivity index (χ2n) is 16.7. The van der Waals surface area contributed by atoms with Crippen LogP contribution in [0.3, 0.4) is 0 Å². The van der Waals surface area contributed by atoms with Crippen molar-refractivity contribution in [2.45, 2.75) is 117 Å². The van der Waals surface area contributed by atoms with Crippen molar-refractivity contribution in [1.82, 2.24) is 0 Å². The first-order valence-corrected chi connectivity index (χ1v) is 18.0. The number of hydrogen-bond acceptors (Lipinski definition) is 0. The summed E-state index contributed by atoms with van der Waals surface area (Å²) >= 11 is 0. The highest BCUT2D eigenvalue weighted by atomic mass is 14.3. The molecule has 0 amide bonds. The van der Waals surface area contributed by atoms with E-state index in [0.29, 0.717) is 0 Å². The molecular formula is C46H50. The molecule has 46 heavy (non-hydrogen) atoms. The highest BCUT2D eigenvalue weighted by molar-refractivity contribution is 5.99. The SMILES string of the molecule is CC(C)(C)c1ccc(-c2ccc(C(C)(C)C)cc2C2=Cc3ccc4c(c3C2)CCCC4)c(C2=Cc3ccc4c(c3C2)CCCC4)c1. The molecule has 0 saturated heterocycles. The summed E-state index contributed by atoms with van der Waals surface area (Å²) in [6, 6.07) is 24.4. The van der Waals surface area contributed by atoms with Crippen LogP contribution in [0.15, 0.2) is 60.7 Å². The molecule has 0 N–H and O–H groups in total. The van der Waals surface area contributed by atoms with Crippen LogP contribution in [0.1, 0.15) is 134 Å². The molecule has 0 radical (unpaired) electrons. The molecule has 0 bridgehead atoms. The summed E-state index contributed by atoms with van der Waals surface area (Å²) in [6.07, 6.45) is 17.4. The zero-order chi connectivity index (χ0) is 31.8. The molecule has 4 aliphatic carbocycles. The van der Waals surface area contributed by atoms with Crippen molar-refractivity contribution in [2.24, 2.45) is 0 Å². The molecule has 0 aromatic heterocycles. The van der Waals surface area contributed by atoms with Gasteiger partial charge in [-0.3, -0.25) is 0 Å². The van der Waals surface area contributed by atoms with E-state index in [2.05, 4.69) is 114 Å². The predicted molar refractivity (Wildman–Crippen MR) is 199 cm³/mol. The molecule has 8 rings (SSSR count). The minimum Gasteiger partial charge on any atom is -0.0582 e. The molecule has 0 aliphatic heterocycles. The van der Waals surface area contributed by atoms with Crippen LogP contribution >= 0.6 is 0 Å². The van der Waals surface area contributed by atoms with Gasteiger partial charge in [-0.25, -0.2) is 0 Å². The summed E-state index contributed by atoms with van der Waals surface area (Å²) in [5, 5.41) is 0. The average molecular weight is 603 g/mol. The third-order valence-corrected chi connectivity index (χ3v) is 11.5. The molecule has 234 valence electrons. The Bertz CT molecular complexity index is 1800. The molecule has 0 unspecified atom stereocenters. The van der Waals surface area contributed by atoms with Gasteiger partial charge < -0.3 is 0 Å². The second-order valence-corrected chi connectivity index (χ2v) is 16.7. The third-order valence-electron chi connectivity index (χ3n) is 11.5. The molecule has 4 aromatic rings. The van der Waals surface area contributed by atoms with Gasteiger partial charge in [0.2, 0.25) is 0 Å². The molecule has 4 aliphatic rings. The van der Waals surface area contributed by atoms with Crippen LogP contribution in [0.4, 0.5) is 0 Å². The van der Waals surface area contributed by atoms with Crippen LogP contribution < -0.4 is 0 Å². The maximum atomic E-state index is 2.54. The summed E-state index contributed by atoms with van der Waals surface area (Å²) < 4.78 is 0. The predicted octanol–water partition coefficient (Wildman–Crippen LogP) is 11.9. The zero-order valence-electron chi connectivity index (χ0n) is 29.0. The maximum Gasteiger partial charge on any atom is -0.00106 e. The Balaban J connectivity index is 1.28. The van der Waals surface area contributed by atoms with Gasteiger partial charge in [-0.1, -0.05) is 114 Å². The summed E-state index contributed by atoms with van der Waals surface area (Å²) in [5.74, 6) is 0. The smallest absolute Gasteiger partial charge is 0.00106 e. The van der Waals surface area contributed by atoms with Gasteiger partial charge in [0.05, 0.1) is 0 Å². The Hall–Kier alpha value is -3.64. The van der Waals surface area contributed by atoms with E-state index >= 15 is 0 Å². The maximum absolute atomic E-state index is 2.54. The van der Waals surface area contributed by atoms with Gasteiger partial charge in [0.25, 0.3) is 0 Å². The Morgan fingerprint density at radius 3 is 1.24 bits per heavy atom. The van der Waals surface area contributed by atoms with Gasteiger partial charge in [0.1, 0.15) is 0 Å². The van der Waals surface area contributed by atoms with Crippen molar-refractivity contribution in [2.75, 3.05) is 0 Å². The summed E-state index contributed by atoms with van der Waals surface area (Å²) in [5.41, 5.74) is 24.2. The van der Waals surface area contributed by atoms with Crippen molar-refractivity contribution in [1.29, 1.82) is 0 Å². The van der Waals surface area contributed by atoms with Crippen LogP contribution in [-0.2, 0) is 49.4 Å². The highest BCUT2D eigenvalue weighted by Crippen LogP contribution is 2.46. The van der Waals surface area contributed by atoms with Crippen molar-refractivity contribution < 1.29 is 0 Å². The Labute approximate surface area is 277 Å². The fraction of sp³-hybridized carbons (Fsp3) is 0.391. The van der Waals surface area contributed by atoms with Gasteiger partial charge in [0, 0.05) is 0 Å². The first-order valence-electron chi connectivity index (χ1n) is 18.0. The van der Waals surface area contributed by atoms with Crippen molar-refractivity contribution in [3.63, 3.8) is 0 Å². The van der Waals surface area contributed by atoms with Crippen LogP contribution in [-0.4, -0.2) is 0 Å². The van der Waals surface area contributed by atoms with E-state index in [1.807, 2.05) is 0 Å². The normalized spacial score (nSPS) is 17.2. The minimum absolute atomic E-state index is 0.0894. The van der Waals surface area contributed by atoms with Crippen molar-refractivity contribution in [3.8, 4) is 11.1 Å². The number of rotatable bonds is 3. The lowest BCUT2D eigenvalue weighted by Gasteiger charge is -2.25. The third kappa shape index (κ3) is 5.13. The van der Waals surface area contributed by atoms with Crippen molar-refractivity contribution in [3.05, 3.63) is 127 Å². The van der Waals surface area contributed by atoms with E-state index < -0.39 is 0 Å². The van der Waals surface area contributed by atoms with Crippen LogP contribution in [0.25, 0.3) is 34.4 Å². The molecule has 0 atom stereocenters. The Morgan fingerprint density at radius 1 is 0.413 bits per heavy atom. The van der Waals surface area contributed by atoms with Crippen LogP contribution in [0, 0.1) is 0 Å². The molecule has 0 spiro atoms. The topological polar surface area (TPSA) is 0 Å². The lowest BCUT2D eigenvalue weighted by atomic mass is 9.79. The summed E-state index contributed by atoms with van der Waals surface area (Å²) in [6.45, 7) is 14.1. The van der Waals surface area contributed by atoms with Crippen LogP contribution in [0.5, 0.6) is 0 Å². The van der Waals surface area contributed by atoms with E-state index in [9.17, 15) is 0 Å². The Morgan fingerprint density at radius 2 is 0.826 bits per heavy atom. The van der Waals surface area contributed by atoms with Gasteiger partial charge in [-0.2, -0.15) is 0 Å². The second kappa shape index (κ2) is 11.0. The van der Waals surface area contributed by atoms with E-state index in [1.165, 1.54) is 107 Å². The highest BCUT2D eigenvalue weighted by Gasteiger charge is 2.28. The first kappa shape index (κ1) is 29.7. The minimum atomic E-state index is 0.0894. The number of hydrogen-bond donors (Lipinski definition) is 0. The van der Waals surface area contributed by atoms with Gasteiger partial charge in [-0.05, 0) is 164 Å². The molecule has 0 saturated carbocycles. The summed E-state index contributed by atoms with van der Waals surface area (Å²) in [4.78, 5) is 0. The molecule has 0 heteroatoms. The largest absolute Gasteiger partial charge is 0.0582 e. The quantitative estimate of drug-likeness (QED) is 0.219. The average Bonchev–Trinajstić information content (AvgIpc) is 3.69. The summed E-state index contributed by atoms with van der Waals surface area (Å²) in [7, 11) is 0. The number of fused-ring (bicyclic) bond motifs is 6. The van der Waals surface area contributed by atoms with E-state index in [4.69, 9.17) is 0 Å². The van der Waals surface area contributed by atoms with E-state index in [-0.39, 0.29) is 10.8 Å². The zero-order valence-corrected chi connectivity index (χ0v) is 29.0. The molecule has 0 fully saturated rings. The lowest BCUT2D eigenvalue weighted by Crippen LogP contribution is -2.13. The van der Waals surface area contributed by atoms with Crippen molar-refractivity contribution >= 4 is 23.3 Å². The number of benzene rings is 4. The van der Waals surface area contributed by atoms with Gasteiger partial charge in [-0.15, -0.1) is 0 Å². The standard InChI is InChI=1S/C46H50/c1-45(2,3)35-19-21-39(43(27-35)33-23-31-17-15-29-11-7-9-13-37(29)41(31)25-33)40-22-20-36(46(4,5)6)28-44(40)34-24-32-18-16-30-12-8-10-14-38(30)42(32)26-34/h15-24,27-28H,7-14,25-26H2,1-6H3. The molecule has 4 aromatic carbocycles. The fourth-order valence-corrected chi connectivity index (χ4v) is 8.76. The molecular weight excluding hydrogens is 553 g/mol. The van der Waals surface area contributed by atoms with Crippen LogP contribution in [0.2, 0.25) is 0 Å². The van der Waals surface area contributed by atoms with E-state index in [1.54, 1.807) is 33.4 Å². The number of allylic oxidation sites excluding steroid dienone is 2. The lowest BCUT2D eigenvalue weighted by molar-refractivity contribution is 0.589.